The highest BCUT2D eigenvalue weighted by Crippen LogP contribution is 2.34. The van der Waals surface area contributed by atoms with Gasteiger partial charge in [0.15, 0.2) is 4.77 Å². The van der Waals surface area contributed by atoms with Crippen LogP contribution in [0.5, 0.6) is 0 Å². The van der Waals surface area contributed by atoms with E-state index in [9.17, 15) is 0 Å². The Kier molecular flexibility index (Phi) is 3.85. The lowest BCUT2D eigenvalue weighted by molar-refractivity contribution is 0.513. The summed E-state index contributed by atoms with van der Waals surface area (Å²) >= 11 is 5.45. The molecule has 0 radical (unpaired) electrons. The number of anilines is 2. The summed E-state index contributed by atoms with van der Waals surface area (Å²) in [7, 11) is 2.06. The third-order valence-electron chi connectivity index (χ3n) is 4.39. The largest absolute Gasteiger partial charge is 0.313 e. The third kappa shape index (κ3) is 2.62. The minimum atomic E-state index is 0.486. The van der Waals surface area contributed by atoms with Gasteiger partial charge in [-0.25, -0.2) is 5.10 Å². The van der Waals surface area contributed by atoms with Crippen molar-refractivity contribution in [3.63, 3.8) is 0 Å². The number of rotatable bonds is 3. The highest BCUT2D eigenvalue weighted by atomic mass is 32.1. The lowest BCUT2D eigenvalue weighted by atomic mass is 10.1. The van der Waals surface area contributed by atoms with Crippen LogP contribution in [0.2, 0.25) is 0 Å². The second kappa shape index (κ2) is 5.64. The van der Waals surface area contributed by atoms with Crippen LogP contribution in [-0.2, 0) is 0 Å². The molecule has 21 heavy (non-hydrogen) atoms. The summed E-state index contributed by atoms with van der Waals surface area (Å²) < 4.78 is 2.93. The minimum Gasteiger partial charge on any atom is -0.313 e. The molecule has 1 aliphatic rings. The van der Waals surface area contributed by atoms with E-state index in [1.807, 2.05) is 0 Å². The Balaban J connectivity index is 2.02. The first-order valence-corrected chi connectivity index (χ1v) is 7.96. The summed E-state index contributed by atoms with van der Waals surface area (Å²) in [4.78, 5) is 2.14. The molecule has 1 heterocycles. The maximum absolute atomic E-state index is 5.45. The van der Waals surface area contributed by atoms with Crippen molar-refractivity contribution in [1.29, 1.82) is 0 Å². The van der Waals surface area contributed by atoms with Crippen LogP contribution < -0.4 is 4.90 Å². The Hall–Kier alpha value is -1.62. The molecule has 0 atom stereocenters. The van der Waals surface area contributed by atoms with E-state index in [1.165, 1.54) is 42.5 Å². The van der Waals surface area contributed by atoms with Crippen molar-refractivity contribution in [2.75, 3.05) is 11.9 Å². The van der Waals surface area contributed by atoms with Gasteiger partial charge in [-0.15, -0.1) is 5.10 Å². The second-order valence-corrected chi connectivity index (χ2v) is 6.37. The van der Waals surface area contributed by atoms with E-state index in [0.29, 0.717) is 6.04 Å². The minimum absolute atomic E-state index is 0.486. The van der Waals surface area contributed by atoms with Crippen LogP contribution >= 0.6 is 12.2 Å². The van der Waals surface area contributed by atoms with Gasteiger partial charge in [0.1, 0.15) is 0 Å². The van der Waals surface area contributed by atoms with Crippen LogP contribution in [0.4, 0.5) is 11.6 Å². The van der Waals surface area contributed by atoms with Gasteiger partial charge in [0.25, 0.3) is 0 Å². The van der Waals surface area contributed by atoms with Crippen LogP contribution in [0.25, 0.3) is 0 Å². The number of hydrogen-bond donors (Lipinski definition) is 1. The molecule has 0 amide bonds. The first-order valence-electron chi connectivity index (χ1n) is 7.56. The molecule has 0 bridgehead atoms. The molecular weight excluding hydrogens is 280 g/mol. The van der Waals surface area contributed by atoms with Crippen molar-refractivity contribution in [3.8, 4) is 0 Å². The van der Waals surface area contributed by atoms with Gasteiger partial charge < -0.3 is 4.90 Å². The Morgan fingerprint density at radius 3 is 2.67 bits per heavy atom. The van der Waals surface area contributed by atoms with Gasteiger partial charge in [-0.1, -0.05) is 30.5 Å². The number of aryl methyl sites for hydroxylation is 2. The van der Waals surface area contributed by atoms with E-state index in [4.69, 9.17) is 12.2 Å². The smallest absolute Gasteiger partial charge is 0.230 e. The summed E-state index contributed by atoms with van der Waals surface area (Å²) in [6, 6.07) is 6.98. The Morgan fingerprint density at radius 1 is 1.29 bits per heavy atom. The van der Waals surface area contributed by atoms with E-state index in [-0.39, 0.29) is 0 Å². The standard InChI is InChI=1S/C16H22N4S/c1-11-8-9-14(12(2)10-11)19(3)15-17-18-16(21)20(15)13-6-4-5-7-13/h8-10,13H,4-7H2,1-3H3,(H,18,21). The molecule has 1 saturated carbocycles. The van der Waals surface area contributed by atoms with E-state index >= 15 is 0 Å². The Morgan fingerprint density at radius 2 is 2.00 bits per heavy atom. The SMILES string of the molecule is Cc1ccc(N(C)c2n[nH]c(=S)n2C2CCCC2)c(C)c1. The lowest BCUT2D eigenvalue weighted by Gasteiger charge is -2.23. The average Bonchev–Trinajstić information content (AvgIpc) is 3.06. The van der Waals surface area contributed by atoms with Crippen LogP contribution in [0.3, 0.4) is 0 Å². The summed E-state index contributed by atoms with van der Waals surface area (Å²) in [5.74, 6) is 0.916. The van der Waals surface area contributed by atoms with E-state index < -0.39 is 0 Å². The molecule has 3 rings (SSSR count). The molecule has 2 aromatic rings. The van der Waals surface area contributed by atoms with Crippen molar-refractivity contribution in [2.45, 2.75) is 45.6 Å². The van der Waals surface area contributed by atoms with Gasteiger partial charge in [0, 0.05) is 18.8 Å². The molecule has 5 heteroatoms. The monoisotopic (exact) mass is 302 g/mol. The fraction of sp³-hybridized carbons (Fsp3) is 0.500. The predicted octanol–water partition coefficient (Wildman–Crippen LogP) is 4.44. The summed E-state index contributed by atoms with van der Waals surface area (Å²) in [5.41, 5.74) is 3.71. The fourth-order valence-electron chi connectivity index (χ4n) is 3.31. The van der Waals surface area contributed by atoms with Gasteiger partial charge in [-0.3, -0.25) is 4.57 Å². The molecule has 0 spiro atoms. The summed E-state index contributed by atoms with van der Waals surface area (Å²) in [6.07, 6.45) is 4.96. The van der Waals surface area contributed by atoms with Crippen LogP contribution in [0, 0.1) is 18.6 Å². The number of H-pyrrole nitrogens is 1. The number of nitrogens with one attached hydrogen (secondary N) is 1. The number of benzene rings is 1. The third-order valence-corrected chi connectivity index (χ3v) is 4.68. The predicted molar refractivity (Wildman–Crippen MR) is 88.9 cm³/mol. The van der Waals surface area contributed by atoms with Gasteiger partial charge in [0.2, 0.25) is 5.95 Å². The van der Waals surface area contributed by atoms with Gasteiger partial charge >= 0.3 is 0 Å². The zero-order chi connectivity index (χ0) is 15.0. The number of aromatic nitrogens is 3. The van der Waals surface area contributed by atoms with Crippen molar-refractivity contribution in [3.05, 3.63) is 34.1 Å². The fourth-order valence-corrected chi connectivity index (χ4v) is 3.59. The zero-order valence-corrected chi connectivity index (χ0v) is 13.7. The van der Waals surface area contributed by atoms with Crippen LogP contribution in [0.15, 0.2) is 18.2 Å². The highest BCUT2D eigenvalue weighted by molar-refractivity contribution is 7.71. The molecule has 0 unspecified atom stereocenters. The molecule has 0 saturated heterocycles. The van der Waals surface area contributed by atoms with Crippen molar-refractivity contribution in [1.82, 2.24) is 14.8 Å². The Bertz CT molecular complexity index is 695. The Labute approximate surface area is 130 Å². The molecule has 1 N–H and O–H groups in total. The number of nitrogens with zero attached hydrogens (tertiary/aromatic N) is 3. The molecule has 1 aromatic carbocycles. The first kappa shape index (κ1) is 14.3. The van der Waals surface area contributed by atoms with Crippen molar-refractivity contribution in [2.24, 2.45) is 0 Å². The summed E-state index contributed by atoms with van der Waals surface area (Å²) in [5, 5.41) is 7.44. The van der Waals surface area contributed by atoms with Crippen LogP contribution in [-0.4, -0.2) is 21.8 Å². The van der Waals surface area contributed by atoms with E-state index in [1.54, 1.807) is 0 Å². The quantitative estimate of drug-likeness (QED) is 0.852. The molecule has 1 fully saturated rings. The molecule has 112 valence electrons. The van der Waals surface area contributed by atoms with Crippen molar-refractivity contribution >= 4 is 23.9 Å². The van der Waals surface area contributed by atoms with E-state index in [2.05, 4.69) is 58.8 Å². The normalized spacial score (nSPS) is 15.6. The number of hydrogen-bond acceptors (Lipinski definition) is 3. The average molecular weight is 302 g/mol. The van der Waals surface area contributed by atoms with E-state index in [0.717, 1.165) is 10.7 Å². The van der Waals surface area contributed by atoms with Gasteiger partial charge in [-0.05, 0) is 50.5 Å². The van der Waals surface area contributed by atoms with Crippen molar-refractivity contribution < 1.29 is 0 Å². The lowest BCUT2D eigenvalue weighted by Crippen LogP contribution is -2.18. The number of aromatic amines is 1. The van der Waals surface area contributed by atoms with Gasteiger partial charge in [-0.2, -0.15) is 0 Å². The first-order chi connectivity index (χ1) is 10.1. The molecule has 0 aliphatic heterocycles. The molecule has 4 nitrogen and oxygen atoms in total. The van der Waals surface area contributed by atoms with Gasteiger partial charge in [0.05, 0.1) is 0 Å². The maximum atomic E-state index is 5.45. The topological polar surface area (TPSA) is 36.9 Å². The second-order valence-electron chi connectivity index (χ2n) is 5.99. The molecular formula is C16H22N4S. The summed E-state index contributed by atoms with van der Waals surface area (Å²) in [6.45, 7) is 4.26. The highest BCUT2D eigenvalue weighted by Gasteiger charge is 2.23. The van der Waals surface area contributed by atoms with Crippen LogP contribution in [0.1, 0.15) is 42.9 Å². The molecule has 1 aliphatic carbocycles. The molecule has 1 aromatic heterocycles. The maximum Gasteiger partial charge on any atom is 0.230 e. The zero-order valence-electron chi connectivity index (χ0n) is 12.9.